The minimum atomic E-state index is 0. The van der Waals surface area contributed by atoms with Crippen LogP contribution in [0, 0.1) is 13.8 Å². The molecule has 0 spiro atoms. The molecule has 1 fully saturated rings. The maximum Gasteiger partial charge on any atom is 0.191 e. The number of hydrogen-bond donors (Lipinski definition) is 2. The van der Waals surface area contributed by atoms with E-state index in [0.29, 0.717) is 19.8 Å². The molecule has 178 valence electrons. The van der Waals surface area contributed by atoms with Gasteiger partial charge in [0.25, 0.3) is 0 Å². The molecule has 8 heteroatoms. The average Bonchev–Trinajstić information content (AvgIpc) is 3.44. The first-order valence-corrected chi connectivity index (χ1v) is 11.1. The van der Waals surface area contributed by atoms with Crippen molar-refractivity contribution in [2.24, 2.45) is 4.99 Å². The summed E-state index contributed by atoms with van der Waals surface area (Å²) in [6, 6.07) is 10.6. The summed E-state index contributed by atoms with van der Waals surface area (Å²) < 4.78 is 17.0. The standard InChI is InChI=1S/C24H36N4O3.HI/c1-18-7-9-20(23(15-18)30-14-13-29-4)16-26-24(25-3)27-17-21(28-11-5-6-12-28)22-10-8-19(2)31-22;/h7-10,15,21H,5-6,11-14,16-17H2,1-4H3,(H2,25,26,27);1H. The maximum atomic E-state index is 5.96. The van der Waals surface area contributed by atoms with Gasteiger partial charge in [-0.3, -0.25) is 9.89 Å². The minimum Gasteiger partial charge on any atom is -0.491 e. The highest BCUT2D eigenvalue weighted by molar-refractivity contribution is 14.0. The van der Waals surface area contributed by atoms with Crippen LogP contribution in [0.1, 0.15) is 41.5 Å². The molecule has 1 atom stereocenters. The third kappa shape index (κ3) is 7.67. The van der Waals surface area contributed by atoms with Crippen molar-refractivity contribution >= 4 is 29.9 Å². The monoisotopic (exact) mass is 556 g/mol. The predicted octanol–water partition coefficient (Wildman–Crippen LogP) is 4.04. The zero-order valence-corrected chi connectivity index (χ0v) is 22.0. The molecule has 1 aromatic carbocycles. The van der Waals surface area contributed by atoms with Gasteiger partial charge < -0.3 is 24.5 Å². The molecule has 32 heavy (non-hydrogen) atoms. The zero-order chi connectivity index (χ0) is 22.1. The van der Waals surface area contributed by atoms with Crippen LogP contribution in [0.2, 0.25) is 0 Å². The lowest BCUT2D eigenvalue weighted by Crippen LogP contribution is -2.42. The van der Waals surface area contributed by atoms with Crippen molar-refractivity contribution in [2.45, 2.75) is 39.3 Å². The first-order chi connectivity index (χ1) is 15.1. The number of rotatable bonds is 10. The Morgan fingerprint density at radius 2 is 1.91 bits per heavy atom. The van der Waals surface area contributed by atoms with Crippen LogP contribution in [0.15, 0.2) is 39.7 Å². The smallest absolute Gasteiger partial charge is 0.191 e. The Bertz CT molecular complexity index is 850. The van der Waals surface area contributed by atoms with Crippen molar-refractivity contribution in [2.75, 3.05) is 47.0 Å². The van der Waals surface area contributed by atoms with Crippen molar-refractivity contribution in [3.63, 3.8) is 0 Å². The van der Waals surface area contributed by atoms with Gasteiger partial charge >= 0.3 is 0 Å². The van der Waals surface area contributed by atoms with E-state index in [4.69, 9.17) is 13.9 Å². The van der Waals surface area contributed by atoms with Gasteiger partial charge in [-0.1, -0.05) is 12.1 Å². The highest BCUT2D eigenvalue weighted by Gasteiger charge is 2.26. The molecule has 2 aromatic rings. The summed E-state index contributed by atoms with van der Waals surface area (Å²) in [7, 11) is 3.47. The zero-order valence-electron chi connectivity index (χ0n) is 19.6. The minimum absolute atomic E-state index is 0. The third-order valence-corrected chi connectivity index (χ3v) is 5.57. The van der Waals surface area contributed by atoms with Gasteiger partial charge in [0.05, 0.1) is 12.6 Å². The van der Waals surface area contributed by atoms with Crippen molar-refractivity contribution in [3.8, 4) is 5.75 Å². The van der Waals surface area contributed by atoms with Gasteiger partial charge in [0.1, 0.15) is 23.9 Å². The van der Waals surface area contributed by atoms with Crippen LogP contribution in [0.5, 0.6) is 5.75 Å². The van der Waals surface area contributed by atoms with E-state index < -0.39 is 0 Å². The van der Waals surface area contributed by atoms with Gasteiger partial charge in [-0.2, -0.15) is 0 Å². The molecule has 0 amide bonds. The van der Waals surface area contributed by atoms with Crippen LogP contribution in [0.4, 0.5) is 0 Å². The molecular weight excluding hydrogens is 519 g/mol. The van der Waals surface area contributed by atoms with E-state index in [1.165, 1.54) is 18.4 Å². The van der Waals surface area contributed by atoms with E-state index in [9.17, 15) is 0 Å². The van der Waals surface area contributed by atoms with E-state index >= 15 is 0 Å². The number of nitrogens with one attached hydrogen (secondary N) is 2. The SMILES string of the molecule is CN=C(NCc1ccc(C)cc1OCCOC)NCC(c1ccc(C)o1)N1CCCC1.I. The Kier molecular flexibility index (Phi) is 11.3. The number of aliphatic imine (C=N–C) groups is 1. The summed E-state index contributed by atoms with van der Waals surface area (Å²) in [5, 5.41) is 6.90. The lowest BCUT2D eigenvalue weighted by Gasteiger charge is -2.27. The second kappa shape index (κ2) is 13.7. The molecule has 0 aliphatic carbocycles. The van der Waals surface area contributed by atoms with Gasteiger partial charge in [-0.15, -0.1) is 24.0 Å². The Morgan fingerprint density at radius 1 is 1.12 bits per heavy atom. The van der Waals surface area contributed by atoms with Crippen LogP contribution in [-0.4, -0.2) is 57.9 Å². The number of methoxy groups -OCH3 is 1. The van der Waals surface area contributed by atoms with Crippen molar-refractivity contribution in [1.29, 1.82) is 0 Å². The summed E-state index contributed by atoms with van der Waals surface area (Å²) >= 11 is 0. The topological polar surface area (TPSA) is 71.3 Å². The fourth-order valence-electron chi connectivity index (χ4n) is 3.87. The molecule has 1 aliphatic rings. The summed E-state index contributed by atoms with van der Waals surface area (Å²) in [5.41, 5.74) is 2.25. The quantitative estimate of drug-likeness (QED) is 0.199. The molecule has 1 unspecified atom stereocenters. The van der Waals surface area contributed by atoms with Crippen molar-refractivity contribution in [1.82, 2.24) is 15.5 Å². The normalized spacial score (nSPS) is 15.3. The van der Waals surface area contributed by atoms with E-state index in [1.807, 2.05) is 13.0 Å². The Balaban J connectivity index is 0.00000363. The molecule has 2 heterocycles. The predicted molar refractivity (Wildman–Crippen MR) is 139 cm³/mol. The number of guanidine groups is 1. The number of likely N-dealkylation sites (tertiary alicyclic amines) is 1. The number of furan rings is 1. The van der Waals surface area contributed by atoms with Crippen LogP contribution in [-0.2, 0) is 11.3 Å². The summed E-state index contributed by atoms with van der Waals surface area (Å²) in [4.78, 5) is 6.89. The van der Waals surface area contributed by atoms with Crippen LogP contribution >= 0.6 is 24.0 Å². The Morgan fingerprint density at radius 3 is 2.56 bits per heavy atom. The molecule has 1 aliphatic heterocycles. The number of halogens is 1. The second-order valence-electron chi connectivity index (χ2n) is 7.97. The van der Waals surface area contributed by atoms with Gasteiger partial charge in [0.2, 0.25) is 0 Å². The lowest BCUT2D eigenvalue weighted by molar-refractivity contribution is 0.145. The third-order valence-electron chi connectivity index (χ3n) is 5.57. The summed E-state index contributed by atoms with van der Waals surface area (Å²) in [5.74, 6) is 3.59. The molecule has 1 saturated heterocycles. The van der Waals surface area contributed by atoms with Gasteiger partial charge in [-0.05, 0) is 63.5 Å². The highest BCUT2D eigenvalue weighted by Crippen LogP contribution is 2.26. The fraction of sp³-hybridized carbons (Fsp3) is 0.542. The molecule has 0 saturated carbocycles. The van der Waals surface area contributed by atoms with Gasteiger partial charge in [0.15, 0.2) is 5.96 Å². The van der Waals surface area contributed by atoms with Gasteiger partial charge in [0, 0.05) is 32.8 Å². The van der Waals surface area contributed by atoms with Crippen molar-refractivity contribution < 1.29 is 13.9 Å². The number of nitrogens with zero attached hydrogens (tertiary/aromatic N) is 2. The molecule has 7 nitrogen and oxygen atoms in total. The van der Waals surface area contributed by atoms with E-state index in [-0.39, 0.29) is 30.0 Å². The molecule has 3 rings (SSSR count). The van der Waals surface area contributed by atoms with Crippen molar-refractivity contribution in [3.05, 3.63) is 53.0 Å². The summed E-state index contributed by atoms with van der Waals surface area (Å²) in [6.45, 7) is 8.71. The number of ether oxygens (including phenoxy) is 2. The molecule has 1 aromatic heterocycles. The second-order valence-corrected chi connectivity index (χ2v) is 7.97. The molecule has 2 N–H and O–H groups in total. The van der Waals surface area contributed by atoms with E-state index in [2.05, 4.69) is 51.7 Å². The largest absolute Gasteiger partial charge is 0.491 e. The van der Waals surface area contributed by atoms with Crippen LogP contribution in [0.3, 0.4) is 0 Å². The van der Waals surface area contributed by atoms with Crippen LogP contribution < -0.4 is 15.4 Å². The lowest BCUT2D eigenvalue weighted by atomic mass is 10.1. The molecular formula is C24H37IN4O3. The number of aryl methyl sites for hydroxylation is 2. The Labute approximate surface area is 209 Å². The van der Waals surface area contributed by atoms with Gasteiger partial charge in [-0.25, -0.2) is 0 Å². The fourth-order valence-corrected chi connectivity index (χ4v) is 3.87. The van der Waals surface area contributed by atoms with E-state index in [1.54, 1.807) is 14.2 Å². The molecule has 0 radical (unpaired) electrons. The van der Waals surface area contributed by atoms with Crippen LogP contribution in [0.25, 0.3) is 0 Å². The number of hydrogen-bond acceptors (Lipinski definition) is 5. The average molecular weight is 556 g/mol. The number of benzene rings is 1. The highest BCUT2D eigenvalue weighted by atomic mass is 127. The first kappa shape index (κ1) is 26.5. The summed E-state index contributed by atoms with van der Waals surface area (Å²) in [6.07, 6.45) is 2.48. The first-order valence-electron chi connectivity index (χ1n) is 11.1. The van der Waals surface area contributed by atoms with E-state index in [0.717, 1.165) is 48.4 Å². The maximum absolute atomic E-state index is 5.96. The Hall–Kier alpha value is -1.78. The molecule has 0 bridgehead atoms.